The second kappa shape index (κ2) is 11.1. The molecule has 1 aromatic heterocycles. The Bertz CT molecular complexity index is 1070. The van der Waals surface area contributed by atoms with Gasteiger partial charge in [-0.25, -0.2) is 13.2 Å². The minimum Gasteiger partial charge on any atom is -0.450 e. The van der Waals surface area contributed by atoms with Crippen molar-refractivity contribution in [1.29, 1.82) is 0 Å². The second-order valence-electron chi connectivity index (χ2n) is 7.00. The molecular formula is C19H25N5O5S3. The summed E-state index contributed by atoms with van der Waals surface area (Å²) in [7, 11) is -3.59. The highest BCUT2D eigenvalue weighted by atomic mass is 32.2. The van der Waals surface area contributed by atoms with E-state index in [-0.39, 0.29) is 28.3 Å². The van der Waals surface area contributed by atoms with E-state index in [4.69, 9.17) is 4.74 Å². The van der Waals surface area contributed by atoms with Crippen LogP contribution in [0.3, 0.4) is 0 Å². The number of sulfonamides is 1. The van der Waals surface area contributed by atoms with Crippen molar-refractivity contribution in [3.8, 4) is 0 Å². The lowest BCUT2D eigenvalue weighted by atomic mass is 10.2. The van der Waals surface area contributed by atoms with Gasteiger partial charge in [0.25, 0.3) is 0 Å². The molecule has 1 fully saturated rings. The van der Waals surface area contributed by atoms with E-state index in [1.807, 2.05) is 0 Å². The van der Waals surface area contributed by atoms with Crippen LogP contribution in [0.15, 0.2) is 27.4 Å². The number of thioether (sulfide) groups is 1. The summed E-state index contributed by atoms with van der Waals surface area (Å²) in [6.07, 6.45) is 2.13. The summed E-state index contributed by atoms with van der Waals surface area (Å²) in [5, 5.41) is 13.3. The van der Waals surface area contributed by atoms with Crippen LogP contribution in [0.25, 0.3) is 0 Å². The number of aryl methyl sites for hydroxylation is 1. The maximum atomic E-state index is 12.9. The summed E-state index contributed by atoms with van der Waals surface area (Å²) in [5.74, 6) is -0.253. The Morgan fingerprint density at radius 3 is 2.66 bits per heavy atom. The first kappa shape index (κ1) is 24.4. The number of anilines is 2. The molecule has 2 amide bonds. The van der Waals surface area contributed by atoms with Crippen LogP contribution in [0.5, 0.6) is 0 Å². The lowest BCUT2D eigenvalue weighted by molar-refractivity contribution is -0.113. The van der Waals surface area contributed by atoms with Gasteiger partial charge in [-0.2, -0.15) is 4.31 Å². The topological polar surface area (TPSA) is 131 Å². The smallest absolute Gasteiger partial charge is 0.413 e. The quantitative estimate of drug-likeness (QED) is 0.418. The third-order valence-electron chi connectivity index (χ3n) is 4.65. The minimum absolute atomic E-state index is 0.0522. The Kier molecular flexibility index (Phi) is 8.45. The maximum absolute atomic E-state index is 12.9. The van der Waals surface area contributed by atoms with E-state index in [1.54, 1.807) is 26.0 Å². The van der Waals surface area contributed by atoms with Crippen molar-refractivity contribution in [1.82, 2.24) is 14.5 Å². The number of aromatic nitrogens is 2. The van der Waals surface area contributed by atoms with Crippen molar-refractivity contribution in [2.45, 2.75) is 42.3 Å². The fourth-order valence-corrected chi connectivity index (χ4v) is 6.12. The van der Waals surface area contributed by atoms with Gasteiger partial charge in [0.1, 0.15) is 0 Å². The van der Waals surface area contributed by atoms with E-state index in [0.717, 1.165) is 47.9 Å². The molecule has 0 bridgehead atoms. The van der Waals surface area contributed by atoms with Crippen LogP contribution in [0.4, 0.5) is 15.6 Å². The molecule has 2 heterocycles. The monoisotopic (exact) mass is 499 g/mol. The summed E-state index contributed by atoms with van der Waals surface area (Å²) >= 11 is 2.29. The van der Waals surface area contributed by atoms with Crippen LogP contribution in [-0.2, 0) is 19.6 Å². The molecule has 1 saturated heterocycles. The molecule has 0 spiro atoms. The number of hydrogen-bond donors (Lipinski definition) is 2. The van der Waals surface area contributed by atoms with Crippen molar-refractivity contribution >= 4 is 55.9 Å². The Morgan fingerprint density at radius 2 is 1.94 bits per heavy atom. The van der Waals surface area contributed by atoms with Gasteiger partial charge in [0.05, 0.1) is 17.3 Å². The molecule has 0 saturated carbocycles. The molecule has 0 atom stereocenters. The van der Waals surface area contributed by atoms with Crippen LogP contribution in [0.2, 0.25) is 0 Å². The van der Waals surface area contributed by atoms with Crippen molar-refractivity contribution in [3.63, 3.8) is 0 Å². The number of nitrogens with one attached hydrogen (secondary N) is 2. The number of carbonyl (C=O) groups is 2. The SMILES string of the molecule is CCOC(=O)Nc1nnc(SCC(=O)Nc2cc(S(=O)(=O)N3CCCCC3)ccc2C)s1. The zero-order valence-electron chi connectivity index (χ0n) is 17.8. The first-order valence-corrected chi connectivity index (χ1v) is 13.3. The number of carbonyl (C=O) groups excluding carboxylic acids is 2. The lowest BCUT2D eigenvalue weighted by Crippen LogP contribution is -2.35. The van der Waals surface area contributed by atoms with Gasteiger partial charge < -0.3 is 10.1 Å². The standard InChI is InChI=1S/C19H25N5O5S3/c1-3-29-18(26)21-17-22-23-19(31-17)30-12-16(25)20-15-11-14(8-7-13(15)2)32(27,28)24-9-5-4-6-10-24/h7-8,11H,3-6,9-10,12H2,1-2H3,(H,20,25)(H,21,22,26). The van der Waals surface area contributed by atoms with Crippen LogP contribution in [0.1, 0.15) is 31.7 Å². The van der Waals surface area contributed by atoms with Crippen LogP contribution in [0, 0.1) is 6.92 Å². The lowest BCUT2D eigenvalue weighted by Gasteiger charge is -2.26. The third-order valence-corrected chi connectivity index (χ3v) is 8.52. The van der Waals surface area contributed by atoms with E-state index in [2.05, 4.69) is 20.8 Å². The maximum Gasteiger partial charge on any atom is 0.413 e. The van der Waals surface area contributed by atoms with E-state index in [9.17, 15) is 18.0 Å². The van der Waals surface area contributed by atoms with Gasteiger partial charge in [0.15, 0.2) is 4.34 Å². The predicted molar refractivity (Wildman–Crippen MR) is 124 cm³/mol. The van der Waals surface area contributed by atoms with E-state index >= 15 is 0 Å². The first-order valence-electron chi connectivity index (χ1n) is 10.1. The largest absolute Gasteiger partial charge is 0.450 e. The number of benzene rings is 1. The predicted octanol–water partition coefficient (Wildman–Crippen LogP) is 3.32. The van der Waals surface area contributed by atoms with Gasteiger partial charge in [-0.3, -0.25) is 10.1 Å². The van der Waals surface area contributed by atoms with Gasteiger partial charge in [-0.1, -0.05) is 35.6 Å². The zero-order valence-corrected chi connectivity index (χ0v) is 20.2. The number of ether oxygens (including phenoxy) is 1. The fraction of sp³-hybridized carbons (Fsp3) is 0.474. The van der Waals surface area contributed by atoms with Gasteiger partial charge in [-0.15, -0.1) is 10.2 Å². The van der Waals surface area contributed by atoms with Gasteiger partial charge in [0, 0.05) is 18.8 Å². The highest BCUT2D eigenvalue weighted by molar-refractivity contribution is 8.01. The molecule has 10 nitrogen and oxygen atoms in total. The molecule has 2 N–H and O–H groups in total. The molecule has 1 aromatic carbocycles. The molecule has 1 aliphatic heterocycles. The van der Waals surface area contributed by atoms with Gasteiger partial charge in [0.2, 0.25) is 21.1 Å². The molecule has 1 aliphatic rings. The van der Waals surface area contributed by atoms with Crippen molar-refractivity contribution in [2.24, 2.45) is 0 Å². The van der Waals surface area contributed by atoms with Crippen LogP contribution < -0.4 is 10.6 Å². The Morgan fingerprint density at radius 1 is 1.19 bits per heavy atom. The Hall–Kier alpha value is -2.22. The van der Waals surface area contributed by atoms with Gasteiger partial charge >= 0.3 is 6.09 Å². The summed E-state index contributed by atoms with van der Waals surface area (Å²) in [5.41, 5.74) is 1.22. The highest BCUT2D eigenvalue weighted by Gasteiger charge is 2.26. The number of piperidine rings is 1. The molecular weight excluding hydrogens is 474 g/mol. The molecule has 0 unspecified atom stereocenters. The van der Waals surface area contributed by atoms with E-state index < -0.39 is 16.1 Å². The normalized spacial score (nSPS) is 14.7. The molecule has 2 aromatic rings. The highest BCUT2D eigenvalue weighted by Crippen LogP contribution is 2.27. The molecule has 0 aliphatic carbocycles. The molecule has 0 radical (unpaired) electrons. The second-order valence-corrected chi connectivity index (χ2v) is 11.1. The molecule has 3 rings (SSSR count). The van der Waals surface area contributed by atoms with E-state index in [1.165, 1.54) is 10.4 Å². The number of nitrogens with zero attached hydrogens (tertiary/aromatic N) is 3. The van der Waals surface area contributed by atoms with E-state index in [0.29, 0.717) is 23.1 Å². The average molecular weight is 500 g/mol. The minimum atomic E-state index is -3.59. The first-order chi connectivity index (χ1) is 15.3. The third kappa shape index (κ3) is 6.40. The summed E-state index contributed by atoms with van der Waals surface area (Å²) in [6.45, 7) is 4.78. The number of hydrogen-bond acceptors (Lipinski definition) is 9. The van der Waals surface area contributed by atoms with Crippen molar-refractivity contribution in [3.05, 3.63) is 23.8 Å². The summed E-state index contributed by atoms with van der Waals surface area (Å²) < 4.78 is 32.6. The Balaban J connectivity index is 1.60. The van der Waals surface area contributed by atoms with Crippen LogP contribution >= 0.6 is 23.1 Å². The van der Waals surface area contributed by atoms with Gasteiger partial charge in [-0.05, 0) is 44.4 Å². The van der Waals surface area contributed by atoms with Crippen molar-refractivity contribution in [2.75, 3.05) is 36.1 Å². The zero-order chi connectivity index (χ0) is 23.1. The molecule has 174 valence electrons. The Labute approximate surface area is 195 Å². The van der Waals surface area contributed by atoms with Crippen molar-refractivity contribution < 1.29 is 22.7 Å². The average Bonchev–Trinajstić information content (AvgIpc) is 3.21. The summed E-state index contributed by atoms with van der Waals surface area (Å²) in [6, 6.07) is 4.77. The van der Waals surface area contributed by atoms with Crippen LogP contribution in [-0.4, -0.2) is 60.4 Å². The molecule has 13 heteroatoms. The summed E-state index contributed by atoms with van der Waals surface area (Å²) in [4.78, 5) is 24.0. The molecule has 32 heavy (non-hydrogen) atoms. The number of amides is 2. The fourth-order valence-electron chi connectivity index (χ4n) is 3.04. The number of rotatable bonds is 8.